The molecule has 1 aromatic heterocycles. The maximum atomic E-state index is 10.3. The molecule has 0 amide bonds. The molecule has 6 rings (SSSR count). The van der Waals surface area contributed by atoms with Crippen molar-refractivity contribution >= 4 is 53.9 Å². The second-order valence-electron chi connectivity index (χ2n) is 16.4. The summed E-state index contributed by atoms with van der Waals surface area (Å²) < 4.78 is 14.1. The molecule has 0 saturated carbocycles. The van der Waals surface area contributed by atoms with E-state index in [-0.39, 0.29) is 21.9 Å². The van der Waals surface area contributed by atoms with E-state index in [9.17, 15) is 15.8 Å². The van der Waals surface area contributed by atoms with Crippen LogP contribution in [0.5, 0.6) is 5.75 Å². The average Bonchev–Trinajstić information content (AvgIpc) is 3.86. The molecule has 0 spiro atoms. The molecule has 0 fully saturated rings. The Morgan fingerprint density at radius 2 is 1.28 bits per heavy atom. The van der Waals surface area contributed by atoms with Crippen LogP contribution >= 0.6 is 11.3 Å². The number of hydrogen-bond acceptors (Lipinski definition) is 7. The highest BCUT2D eigenvalue weighted by Crippen LogP contribution is 2.47. The minimum Gasteiger partial charge on any atom is -0.534 e. The lowest BCUT2D eigenvalue weighted by Gasteiger charge is -2.43. The van der Waals surface area contributed by atoms with Gasteiger partial charge in [-0.15, -0.1) is 11.3 Å². The van der Waals surface area contributed by atoms with Crippen LogP contribution in [0.25, 0.3) is 18.2 Å². The highest BCUT2D eigenvalue weighted by molar-refractivity contribution is 7.13. The third-order valence-electron chi connectivity index (χ3n) is 11.3. The molecule has 1 unspecified atom stereocenters. The van der Waals surface area contributed by atoms with Gasteiger partial charge >= 0.3 is 8.32 Å². The van der Waals surface area contributed by atoms with Crippen LogP contribution in [0, 0.1) is 34.0 Å². The number of allylic oxidation sites excluding steroid dienone is 2. The molecular weight excluding hydrogens is 785 g/mol. The largest absolute Gasteiger partial charge is 0.534 e. The quantitative estimate of drug-likeness (QED) is 0.0726. The number of rotatable bonds is 16. The van der Waals surface area contributed by atoms with Gasteiger partial charge in [-0.1, -0.05) is 145 Å². The van der Waals surface area contributed by atoms with Crippen LogP contribution in [0.2, 0.25) is 5.04 Å². The van der Waals surface area contributed by atoms with Crippen molar-refractivity contribution in [3.8, 4) is 24.0 Å². The molecule has 8 heteroatoms. The van der Waals surface area contributed by atoms with E-state index < -0.39 is 13.9 Å². The number of anilines is 1. The first-order valence-electron chi connectivity index (χ1n) is 21.1. The van der Waals surface area contributed by atoms with Crippen LogP contribution < -0.4 is 19.7 Å². The number of nitriles is 3. The van der Waals surface area contributed by atoms with Crippen LogP contribution in [0.4, 0.5) is 5.69 Å². The fourth-order valence-corrected chi connectivity index (χ4v) is 13.3. The van der Waals surface area contributed by atoms with Crippen molar-refractivity contribution in [1.82, 2.24) is 0 Å². The fourth-order valence-electron chi connectivity index (χ4n) is 8.01. The molecule has 61 heavy (non-hydrogen) atoms. The zero-order chi connectivity index (χ0) is 43.5. The van der Waals surface area contributed by atoms with Crippen LogP contribution in [0.3, 0.4) is 0 Å². The van der Waals surface area contributed by atoms with E-state index in [0.717, 1.165) is 65.4 Å². The fraction of sp³-hybridized carbons (Fsp3) is 0.264. The van der Waals surface area contributed by atoms with E-state index in [4.69, 9.17) is 9.16 Å². The summed E-state index contributed by atoms with van der Waals surface area (Å²) in [5.41, 5.74) is 2.44. The van der Waals surface area contributed by atoms with Crippen molar-refractivity contribution in [2.24, 2.45) is 0 Å². The summed E-state index contributed by atoms with van der Waals surface area (Å²) in [6.45, 7) is 15.3. The number of hydrogen-bond donors (Lipinski definition) is 0. The second kappa shape index (κ2) is 19.8. The van der Waals surface area contributed by atoms with E-state index >= 15 is 0 Å². The molecule has 4 aromatic carbocycles. The molecule has 0 aliphatic carbocycles. The summed E-state index contributed by atoms with van der Waals surface area (Å²) in [7, 11) is -2.96. The van der Waals surface area contributed by atoms with Crippen LogP contribution in [-0.2, 0) is 10.3 Å². The van der Waals surface area contributed by atoms with E-state index in [2.05, 4.69) is 149 Å². The van der Waals surface area contributed by atoms with Crippen LogP contribution in [0.15, 0.2) is 150 Å². The average molecular weight is 839 g/mol. The maximum Gasteiger partial charge on any atom is 0.319 e. The first-order chi connectivity index (χ1) is 29.5. The van der Waals surface area contributed by atoms with Gasteiger partial charge in [0, 0.05) is 45.7 Å². The molecule has 5 aromatic rings. The van der Waals surface area contributed by atoms with Gasteiger partial charge in [-0.25, -0.2) is 0 Å². The van der Waals surface area contributed by atoms with Gasteiger partial charge in [0.1, 0.15) is 29.5 Å². The van der Waals surface area contributed by atoms with E-state index in [0.29, 0.717) is 5.57 Å². The number of thiophene rings is 1. The number of ether oxygens (including phenoxy) is 1. The zero-order valence-electron chi connectivity index (χ0n) is 36.1. The Balaban J connectivity index is 1.42. The molecule has 1 aliphatic rings. The summed E-state index contributed by atoms with van der Waals surface area (Å²) in [5, 5.41) is 32.0. The Hall–Kier alpha value is -6.37. The standard InChI is InChI=1S/C53H54N4O2SSi/c1-7-9-34-57(35-10-8-2)43-28-26-40(50(36-43)59-61(52(3,4)5,46-22-16-12-17-23-46)47-24-18-13-19-25-47)27-29-44-30-31-45(60-44)32-33-49-48(39-56)51(41(37-54)38-55)58-53(49,6)42-20-14-11-15-21-42/h11-33,36H,7-10,34-35H2,1-6H3/b29-27+,33-32+. The van der Waals surface area contributed by atoms with E-state index in [1.165, 1.54) is 16.1 Å². The number of benzene rings is 4. The molecule has 0 radical (unpaired) electrons. The van der Waals surface area contributed by atoms with Gasteiger partial charge < -0.3 is 14.1 Å². The summed E-state index contributed by atoms with van der Waals surface area (Å²) in [4.78, 5) is 4.54. The lowest BCUT2D eigenvalue weighted by molar-refractivity contribution is 0.0755. The van der Waals surface area contributed by atoms with Gasteiger partial charge in [-0.05, 0) is 83.2 Å². The van der Waals surface area contributed by atoms with E-state index in [1.807, 2.05) is 61.5 Å². The molecule has 0 N–H and O–H groups in total. The van der Waals surface area contributed by atoms with Gasteiger partial charge in [-0.3, -0.25) is 0 Å². The lowest BCUT2D eigenvalue weighted by atomic mass is 9.86. The predicted molar refractivity (Wildman–Crippen MR) is 255 cm³/mol. The van der Waals surface area contributed by atoms with Gasteiger partial charge in [-0.2, -0.15) is 15.8 Å². The summed E-state index contributed by atoms with van der Waals surface area (Å²) >= 11 is 1.62. The van der Waals surface area contributed by atoms with E-state index in [1.54, 1.807) is 11.3 Å². The molecular formula is C53H54N4O2SSi. The first-order valence-corrected chi connectivity index (χ1v) is 23.8. The number of unbranched alkanes of at least 4 members (excludes halogenated alkanes) is 2. The molecule has 308 valence electrons. The van der Waals surface area contributed by atoms with Crippen LogP contribution in [0.1, 0.15) is 88.1 Å². The van der Waals surface area contributed by atoms with Crippen molar-refractivity contribution < 1.29 is 9.16 Å². The molecule has 0 bridgehead atoms. The van der Waals surface area contributed by atoms with Crippen LogP contribution in [-0.4, -0.2) is 21.4 Å². The van der Waals surface area contributed by atoms with Gasteiger partial charge in [0.15, 0.2) is 16.9 Å². The third kappa shape index (κ3) is 9.51. The Morgan fingerprint density at radius 3 is 1.79 bits per heavy atom. The first kappa shape index (κ1) is 44.2. The lowest BCUT2D eigenvalue weighted by Crippen LogP contribution is -2.68. The number of nitrogens with zero attached hydrogens (tertiary/aromatic N) is 4. The van der Waals surface area contributed by atoms with Crippen molar-refractivity contribution in [3.05, 3.63) is 171 Å². The Morgan fingerprint density at radius 1 is 0.738 bits per heavy atom. The smallest absolute Gasteiger partial charge is 0.319 e. The monoisotopic (exact) mass is 838 g/mol. The molecule has 1 atom stereocenters. The highest BCUT2D eigenvalue weighted by Gasteiger charge is 2.52. The summed E-state index contributed by atoms with van der Waals surface area (Å²) in [6, 6.07) is 48.0. The Bertz CT molecular complexity index is 2480. The summed E-state index contributed by atoms with van der Waals surface area (Å²) in [6.07, 6.45) is 12.7. The molecule has 2 heterocycles. The second-order valence-corrected chi connectivity index (χ2v) is 21.8. The molecule has 6 nitrogen and oxygen atoms in total. The maximum absolute atomic E-state index is 10.3. The van der Waals surface area contributed by atoms with Gasteiger partial charge in [0.05, 0.1) is 0 Å². The van der Waals surface area contributed by atoms with Gasteiger partial charge in [0.25, 0.3) is 0 Å². The molecule has 1 aliphatic heterocycles. The highest BCUT2D eigenvalue weighted by atomic mass is 32.1. The van der Waals surface area contributed by atoms with Gasteiger partial charge in [0.2, 0.25) is 0 Å². The predicted octanol–water partition coefficient (Wildman–Crippen LogP) is 12.3. The SMILES string of the molecule is CCCCN(CCCC)c1ccc(/C=C/c2ccc(/C=C/C3=C(C#N)C(=C(C#N)C#N)OC3(C)c3ccccc3)s2)c(O[Si](c2ccccc2)(c2ccccc2)C(C)(C)C)c1. The normalized spacial score (nSPS) is 15.4. The third-order valence-corrected chi connectivity index (χ3v) is 17.2. The Labute approximate surface area is 367 Å². The summed E-state index contributed by atoms with van der Waals surface area (Å²) in [5.74, 6) is 0.877. The van der Waals surface area contributed by atoms with Crippen molar-refractivity contribution in [3.63, 3.8) is 0 Å². The molecule has 0 saturated heterocycles. The van der Waals surface area contributed by atoms with Crippen molar-refractivity contribution in [1.29, 1.82) is 15.8 Å². The van der Waals surface area contributed by atoms with Crippen molar-refractivity contribution in [2.45, 2.75) is 77.9 Å². The minimum atomic E-state index is -2.96. The topological polar surface area (TPSA) is 93.1 Å². The minimum absolute atomic E-state index is 0.00858. The zero-order valence-corrected chi connectivity index (χ0v) is 37.9. The van der Waals surface area contributed by atoms with Crippen molar-refractivity contribution in [2.75, 3.05) is 18.0 Å². The Kier molecular flexibility index (Phi) is 14.3.